The van der Waals surface area contributed by atoms with Gasteiger partial charge in [0.1, 0.15) is 0 Å². The monoisotopic (exact) mass is 447 g/mol. The topological polar surface area (TPSA) is 93.7 Å². The van der Waals surface area contributed by atoms with Gasteiger partial charge < -0.3 is 20.9 Å². The highest BCUT2D eigenvalue weighted by molar-refractivity contribution is 5.84. The molecule has 2 saturated carbocycles. The van der Waals surface area contributed by atoms with Crippen molar-refractivity contribution in [3.05, 3.63) is 42.2 Å². The van der Waals surface area contributed by atoms with Gasteiger partial charge in [-0.25, -0.2) is 4.98 Å². The standard InChI is InChI=1S/C26H37N7/c27-20-13-15-21(16-14-20)30-26-31-24(28-17-7-6-10-19-8-2-1-3-9-19)23-25(32-26)33(18-29-23)22-11-4-5-12-22/h1-3,8-9,18,20-22H,4-7,10-17,27H2,(H2,28,30,31,32). The lowest BCUT2D eigenvalue weighted by molar-refractivity contribution is 0.410. The van der Waals surface area contributed by atoms with Crippen LogP contribution in [0, 0.1) is 0 Å². The second-order valence-corrected chi connectivity index (χ2v) is 9.78. The van der Waals surface area contributed by atoms with Crippen LogP contribution in [0.15, 0.2) is 36.7 Å². The van der Waals surface area contributed by atoms with Crippen molar-refractivity contribution in [1.29, 1.82) is 0 Å². The zero-order chi connectivity index (χ0) is 22.5. The van der Waals surface area contributed by atoms with Gasteiger partial charge in [0, 0.05) is 24.7 Å². The maximum absolute atomic E-state index is 6.10. The molecule has 1 aromatic carbocycles. The molecule has 0 atom stereocenters. The summed E-state index contributed by atoms with van der Waals surface area (Å²) in [4.78, 5) is 14.6. The molecular weight excluding hydrogens is 410 g/mol. The van der Waals surface area contributed by atoms with E-state index in [1.165, 1.54) is 31.2 Å². The highest BCUT2D eigenvalue weighted by atomic mass is 15.2. The molecule has 0 bridgehead atoms. The Morgan fingerprint density at radius 2 is 1.73 bits per heavy atom. The zero-order valence-electron chi connectivity index (χ0n) is 19.5. The van der Waals surface area contributed by atoms with E-state index >= 15 is 0 Å². The van der Waals surface area contributed by atoms with Crippen LogP contribution in [-0.2, 0) is 6.42 Å². The fourth-order valence-electron chi connectivity index (χ4n) is 5.31. The Bertz CT molecular complexity index is 1020. The minimum absolute atomic E-state index is 0.336. The Hall–Kier alpha value is -2.67. The van der Waals surface area contributed by atoms with Crippen molar-refractivity contribution in [2.24, 2.45) is 5.73 Å². The molecule has 7 nitrogen and oxygen atoms in total. The van der Waals surface area contributed by atoms with Crippen LogP contribution in [-0.4, -0.2) is 38.1 Å². The maximum Gasteiger partial charge on any atom is 0.227 e. The Labute approximate surface area is 196 Å². The molecule has 33 heavy (non-hydrogen) atoms. The van der Waals surface area contributed by atoms with Crippen molar-refractivity contribution < 1.29 is 0 Å². The number of aromatic nitrogens is 4. The third-order valence-electron chi connectivity index (χ3n) is 7.27. The van der Waals surface area contributed by atoms with E-state index in [1.54, 1.807) is 0 Å². The van der Waals surface area contributed by atoms with E-state index in [1.807, 2.05) is 6.33 Å². The van der Waals surface area contributed by atoms with E-state index in [9.17, 15) is 0 Å². The number of aryl methyl sites for hydroxylation is 1. The van der Waals surface area contributed by atoms with Crippen LogP contribution in [0.4, 0.5) is 11.8 Å². The van der Waals surface area contributed by atoms with Crippen molar-refractivity contribution in [2.75, 3.05) is 17.2 Å². The van der Waals surface area contributed by atoms with Crippen molar-refractivity contribution in [3.63, 3.8) is 0 Å². The molecule has 7 heteroatoms. The van der Waals surface area contributed by atoms with Gasteiger partial charge in [0.25, 0.3) is 0 Å². The summed E-state index contributed by atoms with van der Waals surface area (Å²) in [6.07, 6.45) is 14.6. The molecule has 0 saturated heterocycles. The first-order valence-corrected chi connectivity index (χ1v) is 12.8. The number of fused-ring (bicyclic) bond motifs is 1. The third-order valence-corrected chi connectivity index (χ3v) is 7.27. The molecule has 176 valence electrons. The van der Waals surface area contributed by atoms with Crippen molar-refractivity contribution in [1.82, 2.24) is 19.5 Å². The maximum atomic E-state index is 6.10. The highest BCUT2D eigenvalue weighted by Crippen LogP contribution is 2.33. The molecule has 2 fully saturated rings. The predicted molar refractivity (Wildman–Crippen MR) is 135 cm³/mol. The molecular formula is C26H37N7. The van der Waals surface area contributed by atoms with E-state index in [2.05, 4.69) is 45.5 Å². The highest BCUT2D eigenvalue weighted by Gasteiger charge is 2.23. The number of nitrogens with one attached hydrogen (secondary N) is 2. The Balaban J connectivity index is 1.29. The first-order chi connectivity index (χ1) is 16.3. The summed E-state index contributed by atoms with van der Waals surface area (Å²) >= 11 is 0. The molecule has 0 spiro atoms. The number of rotatable bonds is 9. The summed E-state index contributed by atoms with van der Waals surface area (Å²) in [6.45, 7) is 0.882. The molecule has 0 radical (unpaired) electrons. The van der Waals surface area contributed by atoms with Crippen molar-refractivity contribution >= 4 is 22.9 Å². The Morgan fingerprint density at radius 1 is 0.939 bits per heavy atom. The molecule has 0 unspecified atom stereocenters. The lowest BCUT2D eigenvalue weighted by atomic mass is 9.92. The molecule has 2 aliphatic rings. The third kappa shape index (κ3) is 5.46. The minimum atomic E-state index is 0.336. The molecule has 2 aromatic heterocycles. The molecule has 5 rings (SSSR count). The van der Waals surface area contributed by atoms with Gasteiger partial charge in [0.05, 0.1) is 6.33 Å². The first kappa shape index (κ1) is 22.1. The zero-order valence-corrected chi connectivity index (χ0v) is 19.5. The van der Waals surface area contributed by atoms with Gasteiger partial charge in [-0.3, -0.25) is 0 Å². The number of nitrogens with two attached hydrogens (primary N) is 1. The van der Waals surface area contributed by atoms with Crippen LogP contribution in [0.5, 0.6) is 0 Å². The quantitative estimate of drug-likeness (QED) is 0.397. The normalized spacial score (nSPS) is 21.5. The number of anilines is 2. The molecule has 0 aliphatic heterocycles. The SMILES string of the molecule is NC1CCC(Nc2nc(NCCCCc3ccccc3)c3ncn(C4CCCC4)c3n2)CC1. The second kappa shape index (κ2) is 10.5. The van der Waals surface area contributed by atoms with Gasteiger partial charge in [-0.2, -0.15) is 9.97 Å². The van der Waals surface area contributed by atoms with Gasteiger partial charge >= 0.3 is 0 Å². The Kier molecular flexibility index (Phi) is 7.05. The molecule has 2 aliphatic carbocycles. The summed E-state index contributed by atoms with van der Waals surface area (Å²) in [6, 6.07) is 11.9. The average molecular weight is 448 g/mol. The van der Waals surface area contributed by atoms with Gasteiger partial charge in [-0.15, -0.1) is 0 Å². The van der Waals surface area contributed by atoms with Crippen LogP contribution in [0.25, 0.3) is 11.2 Å². The number of imidazole rings is 1. The number of hydrogen-bond donors (Lipinski definition) is 3. The van der Waals surface area contributed by atoms with E-state index < -0.39 is 0 Å². The minimum Gasteiger partial charge on any atom is -0.368 e. The average Bonchev–Trinajstić information content (AvgIpc) is 3.51. The fourth-order valence-corrected chi connectivity index (χ4v) is 5.31. The molecule has 2 heterocycles. The summed E-state index contributed by atoms with van der Waals surface area (Å²) in [5.74, 6) is 1.57. The largest absolute Gasteiger partial charge is 0.368 e. The van der Waals surface area contributed by atoms with E-state index in [0.29, 0.717) is 18.1 Å². The van der Waals surface area contributed by atoms with Crippen LogP contribution >= 0.6 is 0 Å². The summed E-state index contributed by atoms with van der Waals surface area (Å²) in [7, 11) is 0. The lowest BCUT2D eigenvalue weighted by Crippen LogP contribution is -2.33. The van der Waals surface area contributed by atoms with E-state index in [-0.39, 0.29) is 0 Å². The lowest BCUT2D eigenvalue weighted by Gasteiger charge is -2.27. The summed E-state index contributed by atoms with van der Waals surface area (Å²) < 4.78 is 2.28. The van der Waals surface area contributed by atoms with Crippen LogP contribution in [0.3, 0.4) is 0 Å². The number of benzene rings is 1. The molecule has 0 amide bonds. The molecule has 3 aromatic rings. The van der Waals surface area contributed by atoms with Gasteiger partial charge in [-0.1, -0.05) is 43.2 Å². The van der Waals surface area contributed by atoms with Gasteiger partial charge in [-0.05, 0) is 63.4 Å². The van der Waals surface area contributed by atoms with E-state index in [4.69, 9.17) is 20.7 Å². The summed E-state index contributed by atoms with van der Waals surface area (Å²) in [5, 5.41) is 7.18. The molecule has 4 N–H and O–H groups in total. The van der Waals surface area contributed by atoms with Crippen molar-refractivity contribution in [3.8, 4) is 0 Å². The van der Waals surface area contributed by atoms with Crippen molar-refractivity contribution in [2.45, 2.75) is 88.8 Å². The number of nitrogens with zero attached hydrogens (tertiary/aromatic N) is 4. The smallest absolute Gasteiger partial charge is 0.227 e. The first-order valence-electron chi connectivity index (χ1n) is 12.8. The van der Waals surface area contributed by atoms with E-state index in [0.717, 1.165) is 74.4 Å². The summed E-state index contributed by atoms with van der Waals surface area (Å²) in [5.41, 5.74) is 9.35. The van der Waals surface area contributed by atoms with Gasteiger partial charge in [0.15, 0.2) is 17.0 Å². The Morgan fingerprint density at radius 3 is 2.52 bits per heavy atom. The predicted octanol–water partition coefficient (Wildman–Crippen LogP) is 5.06. The number of hydrogen-bond acceptors (Lipinski definition) is 6. The van der Waals surface area contributed by atoms with Gasteiger partial charge in [0.2, 0.25) is 5.95 Å². The fraction of sp³-hybridized carbons (Fsp3) is 0.577. The number of unbranched alkanes of at least 4 members (excludes halogenated alkanes) is 1. The van der Waals surface area contributed by atoms with Crippen LogP contribution in [0.2, 0.25) is 0 Å². The van der Waals surface area contributed by atoms with Crippen LogP contribution < -0.4 is 16.4 Å². The second-order valence-electron chi connectivity index (χ2n) is 9.78. The van der Waals surface area contributed by atoms with Crippen LogP contribution in [0.1, 0.15) is 75.8 Å².